The number of hydrogen-bond acceptors (Lipinski definition) is 6. The normalized spacial score (nSPS) is 12.3. The molecular formula is C13H12Cl2N4O2. The molecule has 8 heteroatoms. The molecule has 21 heavy (non-hydrogen) atoms. The fourth-order valence-electron chi connectivity index (χ4n) is 1.93. The third-order valence-electron chi connectivity index (χ3n) is 2.96. The Kier molecular flexibility index (Phi) is 3.92. The molecule has 0 fully saturated rings. The minimum absolute atomic E-state index is 0.252. The van der Waals surface area contributed by atoms with E-state index < -0.39 is 0 Å². The van der Waals surface area contributed by atoms with Crippen LogP contribution in [0.15, 0.2) is 24.3 Å². The summed E-state index contributed by atoms with van der Waals surface area (Å²) < 4.78 is 10.6. The summed E-state index contributed by atoms with van der Waals surface area (Å²) in [4.78, 5) is 4.21. The van der Waals surface area contributed by atoms with Crippen molar-refractivity contribution < 1.29 is 9.47 Å². The number of pyridine rings is 1. The quantitative estimate of drug-likeness (QED) is 0.592. The van der Waals surface area contributed by atoms with E-state index in [1.165, 1.54) is 0 Å². The molecule has 0 saturated heterocycles. The van der Waals surface area contributed by atoms with Gasteiger partial charge in [0.05, 0.1) is 10.0 Å². The molecule has 2 heterocycles. The van der Waals surface area contributed by atoms with Crippen molar-refractivity contribution in [3.8, 4) is 11.5 Å². The zero-order chi connectivity index (χ0) is 14.8. The molecule has 1 aromatic carbocycles. The fourth-order valence-corrected chi connectivity index (χ4v) is 2.41. The van der Waals surface area contributed by atoms with Crippen LogP contribution in [-0.4, -0.2) is 11.8 Å². The van der Waals surface area contributed by atoms with Crippen molar-refractivity contribution in [2.45, 2.75) is 6.54 Å². The van der Waals surface area contributed by atoms with E-state index in [2.05, 4.69) is 15.7 Å². The van der Waals surface area contributed by atoms with E-state index in [4.69, 9.17) is 38.5 Å². The van der Waals surface area contributed by atoms with Crippen LogP contribution in [0.25, 0.3) is 0 Å². The summed E-state index contributed by atoms with van der Waals surface area (Å²) in [5, 5.41) is 3.90. The van der Waals surface area contributed by atoms with Gasteiger partial charge in [-0.25, -0.2) is 10.8 Å². The van der Waals surface area contributed by atoms with Gasteiger partial charge < -0.3 is 20.2 Å². The Morgan fingerprint density at radius 3 is 2.67 bits per heavy atom. The molecule has 1 aliphatic rings. The Bertz CT molecular complexity index is 681. The monoisotopic (exact) mass is 326 g/mol. The van der Waals surface area contributed by atoms with E-state index in [1.807, 2.05) is 18.2 Å². The second kappa shape index (κ2) is 5.85. The van der Waals surface area contributed by atoms with Crippen LogP contribution in [0.3, 0.4) is 0 Å². The van der Waals surface area contributed by atoms with Crippen LogP contribution in [0.5, 0.6) is 11.5 Å². The number of nitrogens with zero attached hydrogens (tertiary/aromatic N) is 1. The van der Waals surface area contributed by atoms with Gasteiger partial charge in [0, 0.05) is 6.54 Å². The molecule has 3 rings (SSSR count). The van der Waals surface area contributed by atoms with E-state index in [-0.39, 0.29) is 6.79 Å². The lowest BCUT2D eigenvalue weighted by atomic mass is 10.2. The highest BCUT2D eigenvalue weighted by atomic mass is 35.5. The van der Waals surface area contributed by atoms with E-state index in [0.29, 0.717) is 28.2 Å². The van der Waals surface area contributed by atoms with Gasteiger partial charge >= 0.3 is 0 Å². The van der Waals surface area contributed by atoms with Gasteiger partial charge in [-0.2, -0.15) is 0 Å². The van der Waals surface area contributed by atoms with E-state index >= 15 is 0 Å². The molecule has 0 spiro atoms. The lowest BCUT2D eigenvalue weighted by Crippen LogP contribution is -2.11. The first-order chi connectivity index (χ1) is 10.2. The van der Waals surface area contributed by atoms with Crippen LogP contribution >= 0.6 is 23.2 Å². The molecule has 0 amide bonds. The molecule has 1 aliphatic heterocycles. The first-order valence-electron chi connectivity index (χ1n) is 6.12. The molecule has 0 bridgehead atoms. The highest BCUT2D eigenvalue weighted by molar-refractivity contribution is 6.37. The summed E-state index contributed by atoms with van der Waals surface area (Å²) in [6.45, 7) is 0.775. The van der Waals surface area contributed by atoms with Crippen molar-refractivity contribution in [2.75, 3.05) is 17.5 Å². The maximum Gasteiger partial charge on any atom is 0.231 e. The molecule has 0 radical (unpaired) electrons. The highest BCUT2D eigenvalue weighted by Crippen LogP contribution is 2.33. The van der Waals surface area contributed by atoms with Crippen molar-refractivity contribution in [3.63, 3.8) is 0 Å². The molecule has 110 valence electrons. The van der Waals surface area contributed by atoms with Gasteiger partial charge in [-0.3, -0.25) is 0 Å². The summed E-state index contributed by atoms with van der Waals surface area (Å²) in [7, 11) is 0. The maximum absolute atomic E-state index is 6.10. The number of nitrogens with two attached hydrogens (primary N) is 1. The minimum atomic E-state index is 0.252. The Balaban J connectivity index is 1.75. The van der Waals surface area contributed by atoms with Crippen LogP contribution in [0.1, 0.15) is 5.56 Å². The van der Waals surface area contributed by atoms with E-state index in [0.717, 1.165) is 17.1 Å². The molecule has 0 aliphatic carbocycles. The number of benzene rings is 1. The molecule has 1 aromatic heterocycles. The topological polar surface area (TPSA) is 81.4 Å². The number of halogens is 2. The highest BCUT2D eigenvalue weighted by Gasteiger charge is 2.13. The predicted molar refractivity (Wildman–Crippen MR) is 82.0 cm³/mol. The minimum Gasteiger partial charge on any atom is -0.454 e. The summed E-state index contributed by atoms with van der Waals surface area (Å²) in [6, 6.07) is 7.28. The number of anilines is 2. The first kappa shape index (κ1) is 14.1. The Labute approximate surface area is 131 Å². The van der Waals surface area contributed by atoms with Crippen molar-refractivity contribution in [1.82, 2.24) is 4.98 Å². The Morgan fingerprint density at radius 1 is 1.10 bits per heavy atom. The van der Waals surface area contributed by atoms with E-state index in [1.54, 1.807) is 6.07 Å². The molecule has 6 nitrogen and oxygen atoms in total. The largest absolute Gasteiger partial charge is 0.454 e. The number of hydrazine groups is 1. The number of fused-ring (bicyclic) bond motifs is 1. The zero-order valence-corrected chi connectivity index (χ0v) is 12.3. The van der Waals surface area contributed by atoms with Crippen molar-refractivity contribution >= 4 is 34.8 Å². The van der Waals surface area contributed by atoms with Gasteiger partial charge in [0.1, 0.15) is 5.82 Å². The SMILES string of the molecule is NNc1nc(NCc2ccc3c(c2)OCO3)c(Cl)cc1Cl. The summed E-state index contributed by atoms with van der Waals surface area (Å²) in [6.07, 6.45) is 0. The Hall–Kier alpha value is -1.89. The Morgan fingerprint density at radius 2 is 1.86 bits per heavy atom. The van der Waals surface area contributed by atoms with Gasteiger partial charge in [0.15, 0.2) is 17.3 Å². The lowest BCUT2D eigenvalue weighted by molar-refractivity contribution is 0.174. The van der Waals surface area contributed by atoms with Crippen molar-refractivity contribution in [1.29, 1.82) is 0 Å². The van der Waals surface area contributed by atoms with Crippen LogP contribution < -0.4 is 26.1 Å². The third kappa shape index (κ3) is 2.92. The number of ether oxygens (including phenoxy) is 2. The smallest absolute Gasteiger partial charge is 0.231 e. The maximum atomic E-state index is 6.10. The van der Waals surface area contributed by atoms with Crippen LogP contribution in [-0.2, 0) is 6.54 Å². The molecule has 4 N–H and O–H groups in total. The van der Waals surface area contributed by atoms with Crippen LogP contribution in [0.4, 0.5) is 11.6 Å². The van der Waals surface area contributed by atoms with Crippen LogP contribution in [0.2, 0.25) is 10.0 Å². The van der Waals surface area contributed by atoms with Gasteiger partial charge in [0.25, 0.3) is 0 Å². The van der Waals surface area contributed by atoms with Gasteiger partial charge in [-0.05, 0) is 23.8 Å². The first-order valence-corrected chi connectivity index (χ1v) is 6.88. The average Bonchev–Trinajstić information content (AvgIpc) is 2.94. The molecule has 0 atom stereocenters. The van der Waals surface area contributed by atoms with Crippen molar-refractivity contribution in [3.05, 3.63) is 39.9 Å². The average molecular weight is 327 g/mol. The number of nitrogens with one attached hydrogen (secondary N) is 2. The number of aromatic nitrogens is 1. The molecular weight excluding hydrogens is 315 g/mol. The molecule has 0 unspecified atom stereocenters. The lowest BCUT2D eigenvalue weighted by Gasteiger charge is -2.11. The third-order valence-corrected chi connectivity index (χ3v) is 3.54. The van der Waals surface area contributed by atoms with Crippen LogP contribution in [0, 0.1) is 0 Å². The van der Waals surface area contributed by atoms with Crippen molar-refractivity contribution in [2.24, 2.45) is 5.84 Å². The zero-order valence-electron chi connectivity index (χ0n) is 10.8. The number of rotatable bonds is 4. The van der Waals surface area contributed by atoms with Gasteiger partial charge in [-0.1, -0.05) is 29.3 Å². The number of hydrogen-bond donors (Lipinski definition) is 3. The van der Waals surface area contributed by atoms with Gasteiger partial charge in [-0.15, -0.1) is 0 Å². The summed E-state index contributed by atoms with van der Waals surface area (Å²) in [5.41, 5.74) is 3.43. The molecule has 2 aromatic rings. The molecule has 0 saturated carbocycles. The summed E-state index contributed by atoms with van der Waals surface area (Å²) >= 11 is 12.0. The standard InChI is InChI=1S/C13H12Cl2N4O2/c14-8-4-9(15)13(19-16)18-12(8)17-5-7-1-2-10-11(3-7)21-6-20-10/h1-4H,5-6,16H2,(H2,17,18,19). The second-order valence-corrected chi connectivity index (χ2v) is 5.15. The van der Waals surface area contributed by atoms with E-state index in [9.17, 15) is 0 Å². The summed E-state index contributed by atoms with van der Waals surface area (Å²) in [5.74, 6) is 7.66. The number of nitrogen functional groups attached to an aromatic ring is 1. The fraction of sp³-hybridized carbons (Fsp3) is 0.154. The second-order valence-electron chi connectivity index (χ2n) is 4.33. The predicted octanol–water partition coefficient (Wildman–Crippen LogP) is 3.01. The van der Waals surface area contributed by atoms with Gasteiger partial charge in [0.2, 0.25) is 6.79 Å².